The zero-order valence-corrected chi connectivity index (χ0v) is 10.6. The quantitative estimate of drug-likeness (QED) is 0.861. The maximum Gasteiger partial charge on any atom is 0.242 e. The molecule has 1 atom stereocenters. The summed E-state index contributed by atoms with van der Waals surface area (Å²) in [7, 11) is -3.67. The van der Waals surface area contributed by atoms with Crippen molar-refractivity contribution in [3.05, 3.63) is 28.8 Å². The molecule has 0 saturated heterocycles. The van der Waals surface area contributed by atoms with Crippen LogP contribution in [0, 0.1) is 6.92 Å². The number of sulfonamides is 1. The van der Waals surface area contributed by atoms with Crippen LogP contribution < -0.4 is 4.72 Å². The highest BCUT2D eigenvalue weighted by Gasteiger charge is 2.20. The molecular formula is C10H14ClNO3S. The van der Waals surface area contributed by atoms with Crippen molar-refractivity contribution in [1.29, 1.82) is 0 Å². The third kappa shape index (κ3) is 2.95. The van der Waals surface area contributed by atoms with Gasteiger partial charge in [-0.1, -0.05) is 23.7 Å². The van der Waals surface area contributed by atoms with Gasteiger partial charge < -0.3 is 5.11 Å². The van der Waals surface area contributed by atoms with Gasteiger partial charge >= 0.3 is 0 Å². The van der Waals surface area contributed by atoms with Crippen molar-refractivity contribution >= 4 is 21.6 Å². The van der Waals surface area contributed by atoms with Gasteiger partial charge in [0.05, 0.1) is 11.6 Å². The molecule has 1 aromatic carbocycles. The van der Waals surface area contributed by atoms with Gasteiger partial charge in [0.2, 0.25) is 10.0 Å². The molecule has 1 aromatic rings. The van der Waals surface area contributed by atoms with Crippen molar-refractivity contribution in [2.45, 2.75) is 24.8 Å². The van der Waals surface area contributed by atoms with Crippen LogP contribution >= 0.6 is 11.6 Å². The Morgan fingerprint density at radius 1 is 1.50 bits per heavy atom. The Hall–Kier alpha value is -0.620. The highest BCUT2D eigenvalue weighted by Crippen LogP contribution is 2.24. The number of aryl methyl sites for hydroxylation is 1. The maximum absolute atomic E-state index is 11.9. The van der Waals surface area contributed by atoms with Gasteiger partial charge in [0.15, 0.2) is 0 Å². The van der Waals surface area contributed by atoms with Crippen LogP contribution in [0.4, 0.5) is 0 Å². The zero-order chi connectivity index (χ0) is 12.3. The van der Waals surface area contributed by atoms with E-state index in [1.165, 1.54) is 6.07 Å². The number of hydrogen-bond acceptors (Lipinski definition) is 3. The third-order valence-electron chi connectivity index (χ3n) is 2.08. The molecule has 0 fully saturated rings. The molecule has 0 aliphatic heterocycles. The molecule has 0 aromatic heterocycles. The van der Waals surface area contributed by atoms with Crippen LogP contribution in [-0.4, -0.2) is 26.2 Å². The summed E-state index contributed by atoms with van der Waals surface area (Å²) in [6.07, 6.45) is 0. The highest BCUT2D eigenvalue weighted by atomic mass is 35.5. The fourth-order valence-corrected chi connectivity index (χ4v) is 3.01. The average molecular weight is 264 g/mol. The number of aliphatic hydroxyl groups excluding tert-OH is 1. The van der Waals surface area contributed by atoms with E-state index in [-0.39, 0.29) is 16.5 Å². The van der Waals surface area contributed by atoms with E-state index in [1.807, 2.05) is 0 Å². The first kappa shape index (κ1) is 13.4. The minimum atomic E-state index is -3.67. The van der Waals surface area contributed by atoms with E-state index in [0.717, 1.165) is 0 Å². The number of hydrogen-bond donors (Lipinski definition) is 2. The highest BCUT2D eigenvalue weighted by molar-refractivity contribution is 7.89. The lowest BCUT2D eigenvalue weighted by Crippen LogP contribution is -2.35. The first-order valence-electron chi connectivity index (χ1n) is 4.77. The van der Waals surface area contributed by atoms with Gasteiger partial charge in [0.1, 0.15) is 4.90 Å². The number of halogens is 1. The molecule has 0 aliphatic carbocycles. The summed E-state index contributed by atoms with van der Waals surface area (Å²) in [6.45, 7) is 3.04. The van der Waals surface area contributed by atoms with Crippen molar-refractivity contribution in [1.82, 2.24) is 4.72 Å². The zero-order valence-electron chi connectivity index (χ0n) is 9.07. The molecule has 0 spiro atoms. The van der Waals surface area contributed by atoms with Gasteiger partial charge in [-0.05, 0) is 25.5 Å². The number of benzene rings is 1. The lowest BCUT2D eigenvalue weighted by Gasteiger charge is -2.13. The topological polar surface area (TPSA) is 66.4 Å². The lowest BCUT2D eigenvalue weighted by molar-refractivity contribution is 0.265. The summed E-state index contributed by atoms with van der Waals surface area (Å²) in [5, 5.41) is 9.02. The molecule has 2 N–H and O–H groups in total. The van der Waals surface area contributed by atoms with Crippen LogP contribution in [0.1, 0.15) is 12.5 Å². The van der Waals surface area contributed by atoms with E-state index in [0.29, 0.717) is 5.56 Å². The second-order valence-corrected chi connectivity index (χ2v) is 5.65. The number of aliphatic hydroxyl groups is 1. The maximum atomic E-state index is 11.9. The molecule has 16 heavy (non-hydrogen) atoms. The summed E-state index contributed by atoms with van der Waals surface area (Å²) in [4.78, 5) is 0.0365. The molecule has 1 rings (SSSR count). The molecule has 0 unspecified atom stereocenters. The van der Waals surface area contributed by atoms with Crippen LogP contribution in [0.3, 0.4) is 0 Å². The SMILES string of the molecule is Cc1cccc(S(=O)(=O)N[C@H](C)CO)c1Cl. The van der Waals surface area contributed by atoms with E-state index >= 15 is 0 Å². The summed E-state index contributed by atoms with van der Waals surface area (Å²) in [5.74, 6) is 0. The molecule has 0 heterocycles. The molecular weight excluding hydrogens is 250 g/mol. The Kier molecular flexibility index (Phi) is 4.32. The molecule has 0 bridgehead atoms. The molecule has 0 aliphatic rings. The predicted octanol–water partition coefficient (Wildman–Crippen LogP) is 1.31. The Morgan fingerprint density at radius 2 is 2.12 bits per heavy atom. The van der Waals surface area contributed by atoms with Gasteiger partial charge in [-0.25, -0.2) is 13.1 Å². The van der Waals surface area contributed by atoms with Gasteiger partial charge in [0.25, 0.3) is 0 Å². The smallest absolute Gasteiger partial charge is 0.242 e. The van der Waals surface area contributed by atoms with E-state index in [1.54, 1.807) is 26.0 Å². The van der Waals surface area contributed by atoms with Gasteiger partial charge in [-0.3, -0.25) is 0 Å². The van der Waals surface area contributed by atoms with Crippen molar-refractivity contribution in [2.24, 2.45) is 0 Å². The molecule has 4 nitrogen and oxygen atoms in total. The largest absolute Gasteiger partial charge is 0.395 e. The van der Waals surface area contributed by atoms with Crippen molar-refractivity contribution in [2.75, 3.05) is 6.61 Å². The average Bonchev–Trinajstić information content (AvgIpc) is 2.21. The van der Waals surface area contributed by atoms with Gasteiger partial charge in [0, 0.05) is 6.04 Å². The summed E-state index contributed by atoms with van der Waals surface area (Å²) >= 11 is 5.92. The molecule has 0 radical (unpaired) electrons. The van der Waals surface area contributed by atoms with Gasteiger partial charge in [-0.15, -0.1) is 0 Å². The van der Waals surface area contributed by atoms with Crippen molar-refractivity contribution < 1.29 is 13.5 Å². The summed E-state index contributed by atoms with van der Waals surface area (Å²) in [6, 6.07) is 4.25. The number of nitrogens with one attached hydrogen (secondary N) is 1. The second-order valence-electron chi connectivity index (χ2n) is 3.59. The summed E-state index contributed by atoms with van der Waals surface area (Å²) < 4.78 is 26.1. The molecule has 0 saturated carbocycles. The van der Waals surface area contributed by atoms with E-state index in [2.05, 4.69) is 4.72 Å². The minimum Gasteiger partial charge on any atom is -0.395 e. The monoisotopic (exact) mass is 263 g/mol. The van der Waals surface area contributed by atoms with E-state index in [9.17, 15) is 8.42 Å². The van der Waals surface area contributed by atoms with Crippen molar-refractivity contribution in [3.8, 4) is 0 Å². The lowest BCUT2D eigenvalue weighted by atomic mass is 10.2. The molecule has 90 valence electrons. The fraction of sp³-hybridized carbons (Fsp3) is 0.400. The van der Waals surface area contributed by atoms with Crippen LogP contribution in [0.25, 0.3) is 0 Å². The molecule has 0 amide bonds. The third-order valence-corrected chi connectivity index (χ3v) is 4.32. The van der Waals surface area contributed by atoms with Crippen LogP contribution in [0.15, 0.2) is 23.1 Å². The van der Waals surface area contributed by atoms with Crippen LogP contribution in [0.5, 0.6) is 0 Å². The fourth-order valence-electron chi connectivity index (χ4n) is 1.19. The minimum absolute atomic E-state index is 0.0365. The Bertz CT molecular complexity index is 473. The Balaban J connectivity index is 3.13. The first-order valence-corrected chi connectivity index (χ1v) is 6.63. The van der Waals surface area contributed by atoms with Crippen LogP contribution in [-0.2, 0) is 10.0 Å². The van der Waals surface area contributed by atoms with E-state index in [4.69, 9.17) is 16.7 Å². The Morgan fingerprint density at radius 3 is 2.69 bits per heavy atom. The second kappa shape index (κ2) is 5.14. The van der Waals surface area contributed by atoms with Crippen LogP contribution in [0.2, 0.25) is 5.02 Å². The van der Waals surface area contributed by atoms with E-state index < -0.39 is 16.1 Å². The number of rotatable bonds is 4. The first-order chi connectivity index (χ1) is 7.38. The normalized spacial score (nSPS) is 13.8. The Labute approximate surface area is 100 Å². The standard InChI is InChI=1S/C10H14ClNO3S/c1-7-4-3-5-9(10(7)11)16(14,15)12-8(2)6-13/h3-5,8,12-13H,6H2,1-2H3/t8-/m1/s1. The molecule has 6 heteroatoms. The van der Waals surface area contributed by atoms with Gasteiger partial charge in [-0.2, -0.15) is 0 Å². The predicted molar refractivity (Wildman–Crippen MR) is 63.1 cm³/mol. The van der Waals surface area contributed by atoms with Crippen molar-refractivity contribution in [3.63, 3.8) is 0 Å². The summed E-state index contributed by atoms with van der Waals surface area (Å²) in [5.41, 5.74) is 0.696.